The molecule has 0 fully saturated rings. The number of hydrogen-bond acceptors (Lipinski definition) is 5. The zero-order valence-corrected chi connectivity index (χ0v) is 15.2. The van der Waals surface area contributed by atoms with E-state index in [1.807, 2.05) is 6.07 Å². The fourth-order valence-corrected chi connectivity index (χ4v) is 4.75. The Morgan fingerprint density at radius 1 is 1.00 bits per heavy atom. The molecule has 1 spiro atoms. The average molecular weight is 383 g/mol. The smallest absolute Gasteiger partial charge is 0.259 e. The molecule has 7 nitrogen and oxygen atoms in total. The molecule has 1 amide bonds. The number of para-hydroxylation sites is 1. The number of ether oxygens (including phenoxy) is 1. The monoisotopic (exact) mass is 383 g/mol. The van der Waals surface area contributed by atoms with Gasteiger partial charge in [-0.05, 0) is 6.07 Å². The van der Waals surface area contributed by atoms with Gasteiger partial charge in [-0.15, -0.1) is 0 Å². The summed E-state index contributed by atoms with van der Waals surface area (Å²) in [5.41, 5.74) is 0.359. The van der Waals surface area contributed by atoms with Crippen molar-refractivity contribution in [1.29, 1.82) is 0 Å². The first-order chi connectivity index (χ1) is 14.1. The molecular formula is C22H13N3O4. The molecule has 0 bridgehead atoms. The van der Waals surface area contributed by atoms with Gasteiger partial charge in [0.25, 0.3) is 5.56 Å². The second-order valence-corrected chi connectivity index (χ2v) is 7.22. The van der Waals surface area contributed by atoms with Crippen molar-refractivity contribution in [2.24, 2.45) is 0 Å². The largest absolute Gasteiger partial charge is 0.437 e. The Kier molecular flexibility index (Phi) is 2.80. The number of aromatic amines is 1. The van der Waals surface area contributed by atoms with Crippen LogP contribution < -0.4 is 15.2 Å². The lowest BCUT2D eigenvalue weighted by Crippen LogP contribution is -2.48. The lowest BCUT2D eigenvalue weighted by atomic mass is 9.68. The summed E-state index contributed by atoms with van der Waals surface area (Å²) in [4.78, 5) is 48.5. The van der Waals surface area contributed by atoms with Crippen molar-refractivity contribution in [3.8, 4) is 5.88 Å². The number of nitrogens with zero attached hydrogens (tertiary/aromatic N) is 2. The lowest BCUT2D eigenvalue weighted by molar-refractivity contribution is -0.120. The quantitative estimate of drug-likeness (QED) is 0.641. The summed E-state index contributed by atoms with van der Waals surface area (Å²) in [6.07, 6.45) is 1.23. The number of carbonyl (C=O) groups is 2. The summed E-state index contributed by atoms with van der Waals surface area (Å²) in [5.74, 6) is -0.372. The van der Waals surface area contributed by atoms with E-state index in [1.54, 1.807) is 49.5 Å². The van der Waals surface area contributed by atoms with Crippen LogP contribution in [0.2, 0.25) is 0 Å². The molecule has 7 heteroatoms. The molecule has 140 valence electrons. The van der Waals surface area contributed by atoms with E-state index in [9.17, 15) is 14.4 Å². The summed E-state index contributed by atoms with van der Waals surface area (Å²) < 4.78 is 5.98. The Bertz CT molecular complexity index is 1370. The maximum atomic E-state index is 13.8. The molecule has 0 radical (unpaired) electrons. The van der Waals surface area contributed by atoms with E-state index in [-0.39, 0.29) is 34.5 Å². The zero-order valence-electron chi connectivity index (χ0n) is 15.2. The molecule has 0 saturated carbocycles. The van der Waals surface area contributed by atoms with Crippen LogP contribution in [0.5, 0.6) is 5.88 Å². The number of ketones is 1. The Labute approximate surface area is 164 Å². The van der Waals surface area contributed by atoms with Gasteiger partial charge in [-0.3, -0.25) is 14.4 Å². The highest BCUT2D eigenvalue weighted by Crippen LogP contribution is 2.57. The van der Waals surface area contributed by atoms with Crippen molar-refractivity contribution >= 4 is 23.1 Å². The number of Topliss-reactive ketones (excluding diaryl/α,β-unsaturated/α-hetero) is 1. The van der Waals surface area contributed by atoms with Crippen LogP contribution in [-0.4, -0.2) is 28.7 Å². The first kappa shape index (κ1) is 16.0. The van der Waals surface area contributed by atoms with Crippen molar-refractivity contribution < 1.29 is 14.3 Å². The van der Waals surface area contributed by atoms with Gasteiger partial charge in [0.2, 0.25) is 11.8 Å². The third-order valence-electron chi connectivity index (χ3n) is 5.93. The van der Waals surface area contributed by atoms with Gasteiger partial charge in [0.1, 0.15) is 16.7 Å². The topological polar surface area (TPSA) is 92.4 Å². The van der Waals surface area contributed by atoms with Crippen molar-refractivity contribution in [2.45, 2.75) is 5.41 Å². The SMILES string of the molecule is CN1C(=O)C2(C3=C(Oc4nc[nH]c(=O)c42)c2ccccc2C3=O)c2ccccc21. The van der Waals surface area contributed by atoms with Crippen LogP contribution >= 0.6 is 0 Å². The molecule has 1 aliphatic carbocycles. The van der Waals surface area contributed by atoms with E-state index in [2.05, 4.69) is 9.97 Å². The minimum Gasteiger partial charge on any atom is -0.437 e. The highest BCUT2D eigenvalue weighted by Gasteiger charge is 2.63. The van der Waals surface area contributed by atoms with Crippen LogP contribution in [0.25, 0.3) is 5.76 Å². The Morgan fingerprint density at radius 2 is 1.72 bits per heavy atom. The van der Waals surface area contributed by atoms with E-state index in [1.165, 1.54) is 11.2 Å². The summed E-state index contributed by atoms with van der Waals surface area (Å²) >= 11 is 0. The second-order valence-electron chi connectivity index (χ2n) is 7.22. The van der Waals surface area contributed by atoms with E-state index in [0.717, 1.165) is 0 Å². The van der Waals surface area contributed by atoms with Crippen LogP contribution in [0.15, 0.2) is 65.2 Å². The van der Waals surface area contributed by atoms with Gasteiger partial charge >= 0.3 is 0 Å². The fourth-order valence-electron chi connectivity index (χ4n) is 4.75. The first-order valence-corrected chi connectivity index (χ1v) is 9.09. The first-order valence-electron chi connectivity index (χ1n) is 9.09. The molecule has 3 aliphatic rings. The van der Waals surface area contributed by atoms with Crippen molar-refractivity contribution in [3.63, 3.8) is 0 Å². The van der Waals surface area contributed by atoms with Gasteiger partial charge in [-0.1, -0.05) is 42.5 Å². The van der Waals surface area contributed by atoms with E-state index in [4.69, 9.17) is 4.74 Å². The summed E-state index contributed by atoms with van der Waals surface area (Å²) in [7, 11) is 1.64. The molecule has 0 saturated heterocycles. The van der Waals surface area contributed by atoms with Gasteiger partial charge in [0, 0.05) is 29.4 Å². The van der Waals surface area contributed by atoms with Crippen LogP contribution in [0.1, 0.15) is 27.0 Å². The maximum Gasteiger partial charge on any atom is 0.259 e. The molecule has 1 unspecified atom stereocenters. The third-order valence-corrected chi connectivity index (χ3v) is 5.93. The summed E-state index contributed by atoms with van der Waals surface area (Å²) in [6.45, 7) is 0. The van der Waals surface area contributed by atoms with Crippen molar-refractivity contribution in [2.75, 3.05) is 11.9 Å². The number of anilines is 1. The number of fused-ring (bicyclic) bond motifs is 7. The summed E-state index contributed by atoms with van der Waals surface area (Å²) in [6, 6.07) is 14.2. The third kappa shape index (κ3) is 1.65. The van der Waals surface area contributed by atoms with Gasteiger partial charge in [0.15, 0.2) is 5.78 Å². The second kappa shape index (κ2) is 5.08. The van der Waals surface area contributed by atoms with Crippen molar-refractivity contribution in [3.05, 3.63) is 93.0 Å². The molecule has 2 aromatic carbocycles. The molecule has 29 heavy (non-hydrogen) atoms. The van der Waals surface area contributed by atoms with Gasteiger partial charge < -0.3 is 14.6 Å². The van der Waals surface area contributed by atoms with Crippen LogP contribution in [0, 0.1) is 0 Å². The number of rotatable bonds is 0. The molecule has 1 N–H and O–H groups in total. The maximum absolute atomic E-state index is 13.8. The van der Waals surface area contributed by atoms with E-state index < -0.39 is 11.0 Å². The van der Waals surface area contributed by atoms with Gasteiger partial charge in [-0.25, -0.2) is 4.98 Å². The predicted molar refractivity (Wildman–Crippen MR) is 104 cm³/mol. The molecule has 6 rings (SSSR count). The van der Waals surface area contributed by atoms with E-state index >= 15 is 0 Å². The molecule has 3 heterocycles. The lowest BCUT2D eigenvalue weighted by Gasteiger charge is -2.33. The highest BCUT2D eigenvalue weighted by molar-refractivity contribution is 6.29. The average Bonchev–Trinajstić information content (AvgIpc) is 3.14. The number of amides is 1. The zero-order chi connectivity index (χ0) is 19.9. The van der Waals surface area contributed by atoms with Gasteiger partial charge in [0.05, 0.1) is 11.9 Å². The normalized spacial score (nSPS) is 21.1. The molecular weight excluding hydrogens is 370 g/mol. The molecule has 1 atom stereocenters. The number of aromatic nitrogens is 2. The highest BCUT2D eigenvalue weighted by atomic mass is 16.5. The Balaban J connectivity index is 1.83. The standard InChI is InChI=1S/C22H13N3O4/c1-25-14-9-5-4-8-13(14)22(21(25)28)15-17(26)11-6-2-3-7-12(11)18(15)29-20-16(22)19(27)23-10-24-20/h2-10H,1H3,(H,23,24,27). The molecule has 2 aliphatic heterocycles. The number of H-pyrrole nitrogens is 1. The van der Waals surface area contributed by atoms with E-state index in [0.29, 0.717) is 22.4 Å². The van der Waals surface area contributed by atoms with Crippen molar-refractivity contribution in [1.82, 2.24) is 9.97 Å². The Hall–Kier alpha value is -4.00. The van der Waals surface area contributed by atoms with Crippen LogP contribution in [0.3, 0.4) is 0 Å². The minimum absolute atomic E-state index is 0.0375. The predicted octanol–water partition coefficient (Wildman–Crippen LogP) is 2.03. The number of likely N-dealkylation sites (N-methyl/N-ethyl adjacent to an activating group) is 1. The van der Waals surface area contributed by atoms with Gasteiger partial charge in [-0.2, -0.15) is 0 Å². The number of carbonyl (C=O) groups excluding carboxylic acids is 2. The molecule has 1 aromatic heterocycles. The number of benzene rings is 2. The van der Waals surface area contributed by atoms with Crippen LogP contribution in [-0.2, 0) is 10.2 Å². The number of nitrogens with one attached hydrogen (secondary N) is 1. The Morgan fingerprint density at radius 3 is 2.55 bits per heavy atom. The number of hydrogen-bond donors (Lipinski definition) is 1. The van der Waals surface area contributed by atoms with Crippen LogP contribution in [0.4, 0.5) is 5.69 Å². The molecule has 3 aromatic rings. The summed E-state index contributed by atoms with van der Waals surface area (Å²) in [5, 5.41) is 0. The fraction of sp³-hybridized carbons (Fsp3) is 0.0909. The minimum atomic E-state index is -1.60.